The zero-order valence-electron chi connectivity index (χ0n) is 10.9. The molecule has 0 unspecified atom stereocenters. The van der Waals surface area contributed by atoms with Crippen LogP contribution in [0.3, 0.4) is 0 Å². The number of hydrogen-bond acceptors (Lipinski definition) is 4. The number of thiazole rings is 1. The highest BCUT2D eigenvalue weighted by Crippen LogP contribution is 2.37. The monoisotopic (exact) mass is 262 g/mol. The summed E-state index contributed by atoms with van der Waals surface area (Å²) in [6.45, 7) is 6.96. The summed E-state index contributed by atoms with van der Waals surface area (Å²) in [5, 5.41) is 0.598. The first-order chi connectivity index (χ1) is 8.58. The van der Waals surface area contributed by atoms with Crippen molar-refractivity contribution in [1.82, 2.24) is 4.98 Å². The van der Waals surface area contributed by atoms with E-state index in [0.29, 0.717) is 17.7 Å². The fourth-order valence-electron chi connectivity index (χ4n) is 1.70. The van der Waals surface area contributed by atoms with E-state index < -0.39 is 0 Å². The molecule has 0 saturated heterocycles. The molecule has 0 amide bonds. The van der Waals surface area contributed by atoms with Crippen LogP contribution in [0.5, 0.6) is 5.75 Å². The van der Waals surface area contributed by atoms with Gasteiger partial charge in [0.15, 0.2) is 5.13 Å². The quantitative estimate of drug-likeness (QED) is 0.913. The van der Waals surface area contributed by atoms with Gasteiger partial charge in [-0.1, -0.05) is 37.3 Å². The van der Waals surface area contributed by atoms with Crippen LogP contribution in [0.4, 0.5) is 5.13 Å². The molecule has 2 aromatic rings. The molecule has 96 valence electrons. The maximum atomic E-state index is 5.86. The van der Waals surface area contributed by atoms with Gasteiger partial charge < -0.3 is 10.5 Å². The van der Waals surface area contributed by atoms with Crippen molar-refractivity contribution in [2.24, 2.45) is 5.92 Å². The first kappa shape index (κ1) is 12.9. The van der Waals surface area contributed by atoms with E-state index in [0.717, 1.165) is 21.9 Å². The molecule has 0 fully saturated rings. The van der Waals surface area contributed by atoms with Gasteiger partial charge in [0.05, 0.1) is 17.2 Å². The van der Waals surface area contributed by atoms with Crippen LogP contribution in [0.2, 0.25) is 0 Å². The second-order valence-electron chi connectivity index (χ2n) is 4.67. The zero-order chi connectivity index (χ0) is 13.1. The van der Waals surface area contributed by atoms with Crippen LogP contribution in [0.25, 0.3) is 10.4 Å². The number of aryl methyl sites for hydroxylation is 1. The highest BCUT2D eigenvalue weighted by molar-refractivity contribution is 7.18. The maximum Gasteiger partial charge on any atom is 0.180 e. The maximum absolute atomic E-state index is 5.86. The van der Waals surface area contributed by atoms with Crippen LogP contribution in [0.1, 0.15) is 19.5 Å². The molecule has 0 bridgehead atoms. The number of hydrogen-bond donors (Lipinski definition) is 1. The molecule has 0 aliphatic carbocycles. The minimum atomic E-state index is 0.505. The average molecular weight is 262 g/mol. The minimum absolute atomic E-state index is 0.505. The van der Waals surface area contributed by atoms with E-state index >= 15 is 0 Å². The molecule has 18 heavy (non-hydrogen) atoms. The van der Waals surface area contributed by atoms with Crippen molar-refractivity contribution in [2.75, 3.05) is 12.3 Å². The van der Waals surface area contributed by atoms with Crippen molar-refractivity contribution >= 4 is 16.5 Å². The Labute approximate surface area is 112 Å². The van der Waals surface area contributed by atoms with Crippen molar-refractivity contribution < 1.29 is 4.74 Å². The number of anilines is 1. The SMILES string of the molecule is Cc1nc(N)sc1-c1ccccc1OCC(C)C. The second-order valence-corrected chi connectivity index (χ2v) is 5.70. The number of benzene rings is 1. The second kappa shape index (κ2) is 5.40. The Bertz CT molecular complexity index is 534. The van der Waals surface area contributed by atoms with E-state index in [2.05, 4.69) is 24.9 Å². The fourth-order valence-corrected chi connectivity index (χ4v) is 2.57. The molecule has 0 aliphatic rings. The number of nitrogens with zero attached hydrogens (tertiary/aromatic N) is 1. The van der Waals surface area contributed by atoms with Crippen LogP contribution >= 0.6 is 11.3 Å². The Hall–Kier alpha value is -1.55. The van der Waals surface area contributed by atoms with Crippen LogP contribution in [0.15, 0.2) is 24.3 Å². The van der Waals surface area contributed by atoms with Gasteiger partial charge in [0.2, 0.25) is 0 Å². The molecule has 2 N–H and O–H groups in total. The summed E-state index contributed by atoms with van der Waals surface area (Å²) in [7, 11) is 0. The smallest absolute Gasteiger partial charge is 0.180 e. The molecule has 1 aromatic carbocycles. The summed E-state index contributed by atoms with van der Waals surface area (Å²) >= 11 is 1.50. The summed E-state index contributed by atoms with van der Waals surface area (Å²) in [4.78, 5) is 5.35. The van der Waals surface area contributed by atoms with Gasteiger partial charge in [0, 0.05) is 5.56 Å². The summed E-state index contributed by atoms with van der Waals surface area (Å²) < 4.78 is 5.86. The number of aromatic nitrogens is 1. The molecule has 1 aromatic heterocycles. The molecule has 0 spiro atoms. The summed E-state index contributed by atoms with van der Waals surface area (Å²) in [6, 6.07) is 8.04. The number of para-hydroxylation sites is 1. The molecule has 0 atom stereocenters. The van der Waals surface area contributed by atoms with E-state index in [1.165, 1.54) is 11.3 Å². The van der Waals surface area contributed by atoms with Gasteiger partial charge in [0.1, 0.15) is 5.75 Å². The van der Waals surface area contributed by atoms with E-state index in [-0.39, 0.29) is 0 Å². The topological polar surface area (TPSA) is 48.1 Å². The Morgan fingerprint density at radius 2 is 2.06 bits per heavy atom. The first-order valence-electron chi connectivity index (χ1n) is 6.03. The number of nitrogen functional groups attached to an aromatic ring is 1. The van der Waals surface area contributed by atoms with Crippen molar-refractivity contribution in [3.63, 3.8) is 0 Å². The third-order valence-corrected chi connectivity index (χ3v) is 3.54. The van der Waals surface area contributed by atoms with Gasteiger partial charge in [0.25, 0.3) is 0 Å². The van der Waals surface area contributed by atoms with Crippen LogP contribution < -0.4 is 10.5 Å². The predicted octanol–water partition coefficient (Wildman–Crippen LogP) is 3.74. The predicted molar refractivity (Wildman–Crippen MR) is 77.0 cm³/mol. The van der Waals surface area contributed by atoms with Gasteiger partial charge in [-0.05, 0) is 25.0 Å². The number of nitrogens with two attached hydrogens (primary N) is 1. The molecule has 2 rings (SSSR count). The third-order valence-electron chi connectivity index (χ3n) is 2.52. The molecular weight excluding hydrogens is 244 g/mol. The van der Waals surface area contributed by atoms with Crippen molar-refractivity contribution in [3.8, 4) is 16.2 Å². The zero-order valence-corrected chi connectivity index (χ0v) is 11.8. The molecule has 4 heteroatoms. The highest BCUT2D eigenvalue weighted by Gasteiger charge is 2.12. The largest absolute Gasteiger partial charge is 0.493 e. The molecule has 0 radical (unpaired) electrons. The molecule has 0 saturated carbocycles. The molecule has 3 nitrogen and oxygen atoms in total. The lowest BCUT2D eigenvalue weighted by molar-refractivity contribution is 0.272. The minimum Gasteiger partial charge on any atom is -0.493 e. The van der Waals surface area contributed by atoms with Gasteiger partial charge in [-0.3, -0.25) is 0 Å². The van der Waals surface area contributed by atoms with Crippen LogP contribution in [-0.2, 0) is 0 Å². The Morgan fingerprint density at radius 3 is 2.67 bits per heavy atom. The molecule has 1 heterocycles. The van der Waals surface area contributed by atoms with Gasteiger partial charge >= 0.3 is 0 Å². The van der Waals surface area contributed by atoms with Gasteiger partial charge in [-0.25, -0.2) is 4.98 Å². The van der Waals surface area contributed by atoms with Crippen molar-refractivity contribution in [2.45, 2.75) is 20.8 Å². The highest BCUT2D eigenvalue weighted by atomic mass is 32.1. The van der Waals surface area contributed by atoms with Crippen molar-refractivity contribution in [1.29, 1.82) is 0 Å². The number of ether oxygens (including phenoxy) is 1. The standard InChI is InChI=1S/C14H18N2OS/c1-9(2)8-17-12-7-5-4-6-11(12)13-10(3)16-14(15)18-13/h4-7,9H,8H2,1-3H3,(H2,15,16). The van der Waals surface area contributed by atoms with E-state index in [1.54, 1.807) is 0 Å². The summed E-state index contributed by atoms with van der Waals surface area (Å²) in [5.74, 6) is 1.41. The fraction of sp³-hybridized carbons (Fsp3) is 0.357. The summed E-state index contributed by atoms with van der Waals surface area (Å²) in [5.41, 5.74) is 7.79. The van der Waals surface area contributed by atoms with Crippen molar-refractivity contribution in [3.05, 3.63) is 30.0 Å². The van der Waals surface area contributed by atoms with E-state index in [1.807, 2.05) is 25.1 Å². The Morgan fingerprint density at radius 1 is 1.33 bits per heavy atom. The lowest BCUT2D eigenvalue weighted by atomic mass is 10.1. The Balaban J connectivity index is 2.35. The van der Waals surface area contributed by atoms with Gasteiger partial charge in [-0.15, -0.1) is 0 Å². The summed E-state index contributed by atoms with van der Waals surface area (Å²) in [6.07, 6.45) is 0. The number of rotatable bonds is 4. The van der Waals surface area contributed by atoms with Crippen LogP contribution in [-0.4, -0.2) is 11.6 Å². The Kier molecular flexibility index (Phi) is 3.87. The molecular formula is C14H18N2OS. The lowest BCUT2D eigenvalue weighted by Crippen LogP contribution is -2.05. The third kappa shape index (κ3) is 2.82. The lowest BCUT2D eigenvalue weighted by Gasteiger charge is -2.12. The van der Waals surface area contributed by atoms with E-state index in [4.69, 9.17) is 10.5 Å². The van der Waals surface area contributed by atoms with Gasteiger partial charge in [-0.2, -0.15) is 0 Å². The first-order valence-corrected chi connectivity index (χ1v) is 6.84. The normalized spacial score (nSPS) is 10.9. The van der Waals surface area contributed by atoms with Crippen LogP contribution in [0, 0.1) is 12.8 Å². The average Bonchev–Trinajstić information content (AvgIpc) is 2.66. The molecule has 0 aliphatic heterocycles. The van der Waals surface area contributed by atoms with E-state index in [9.17, 15) is 0 Å².